The molecule has 3 nitrogen and oxygen atoms in total. The predicted molar refractivity (Wildman–Crippen MR) is 56.5 cm³/mol. The van der Waals surface area contributed by atoms with Crippen molar-refractivity contribution in [3.63, 3.8) is 0 Å². The molecule has 14 heavy (non-hydrogen) atoms. The first-order valence-corrected chi connectivity index (χ1v) is 6.07. The molecule has 1 fully saturated rings. The third-order valence-electron chi connectivity index (χ3n) is 2.46. The summed E-state index contributed by atoms with van der Waals surface area (Å²) in [6.07, 6.45) is 4.81. The van der Waals surface area contributed by atoms with Gasteiger partial charge < -0.3 is 5.11 Å². The van der Waals surface area contributed by atoms with Crippen LogP contribution in [0.25, 0.3) is 0 Å². The van der Waals surface area contributed by atoms with Gasteiger partial charge in [0.15, 0.2) is 0 Å². The SMILES string of the molecule is CCCC(O)Cc1nc(C2CC2)ns1. The first kappa shape index (κ1) is 10.1. The highest BCUT2D eigenvalue weighted by molar-refractivity contribution is 7.05. The maximum atomic E-state index is 9.60. The first-order chi connectivity index (χ1) is 6.79. The summed E-state index contributed by atoms with van der Waals surface area (Å²) < 4.78 is 4.31. The fraction of sp³-hybridized carbons (Fsp3) is 0.800. The molecule has 1 aliphatic rings. The second-order valence-electron chi connectivity index (χ2n) is 3.97. The minimum atomic E-state index is -0.236. The van der Waals surface area contributed by atoms with E-state index in [2.05, 4.69) is 16.3 Å². The topological polar surface area (TPSA) is 46.0 Å². The summed E-state index contributed by atoms with van der Waals surface area (Å²) in [6, 6.07) is 0. The zero-order chi connectivity index (χ0) is 9.97. The molecule has 0 radical (unpaired) electrons. The van der Waals surface area contributed by atoms with Gasteiger partial charge in [-0.25, -0.2) is 4.98 Å². The van der Waals surface area contributed by atoms with Gasteiger partial charge in [0.1, 0.15) is 10.8 Å². The van der Waals surface area contributed by atoms with Gasteiger partial charge in [-0.3, -0.25) is 0 Å². The first-order valence-electron chi connectivity index (χ1n) is 5.30. The molecule has 2 rings (SSSR count). The average Bonchev–Trinajstić information content (AvgIpc) is 2.89. The summed E-state index contributed by atoms with van der Waals surface area (Å²) in [6.45, 7) is 2.08. The van der Waals surface area contributed by atoms with Crippen molar-refractivity contribution in [2.75, 3.05) is 0 Å². The molecule has 78 valence electrons. The van der Waals surface area contributed by atoms with E-state index in [1.165, 1.54) is 24.4 Å². The van der Waals surface area contributed by atoms with E-state index in [0.29, 0.717) is 12.3 Å². The fourth-order valence-corrected chi connectivity index (χ4v) is 2.29. The van der Waals surface area contributed by atoms with Crippen molar-refractivity contribution >= 4 is 11.5 Å². The molecule has 4 heteroatoms. The van der Waals surface area contributed by atoms with E-state index in [-0.39, 0.29) is 6.10 Å². The van der Waals surface area contributed by atoms with Gasteiger partial charge in [0.25, 0.3) is 0 Å². The van der Waals surface area contributed by atoms with Crippen LogP contribution in [0.15, 0.2) is 0 Å². The molecular weight excluding hydrogens is 196 g/mol. The van der Waals surface area contributed by atoms with E-state index >= 15 is 0 Å². The number of hydrogen-bond donors (Lipinski definition) is 1. The molecule has 1 unspecified atom stereocenters. The Morgan fingerprint density at radius 1 is 1.57 bits per heavy atom. The van der Waals surface area contributed by atoms with Crippen LogP contribution in [0.1, 0.15) is 49.4 Å². The second-order valence-corrected chi connectivity index (χ2v) is 4.80. The van der Waals surface area contributed by atoms with Crippen LogP contribution in [0.3, 0.4) is 0 Å². The molecule has 0 aromatic carbocycles. The Morgan fingerprint density at radius 3 is 3.00 bits per heavy atom. The van der Waals surface area contributed by atoms with Crippen LogP contribution in [0.4, 0.5) is 0 Å². The zero-order valence-corrected chi connectivity index (χ0v) is 9.26. The maximum absolute atomic E-state index is 9.60. The molecule has 0 saturated heterocycles. The van der Waals surface area contributed by atoms with Crippen molar-refractivity contribution in [3.05, 3.63) is 10.8 Å². The lowest BCUT2D eigenvalue weighted by atomic mass is 10.1. The van der Waals surface area contributed by atoms with Crippen LogP contribution >= 0.6 is 11.5 Å². The number of aliphatic hydroxyl groups is 1. The lowest BCUT2D eigenvalue weighted by Crippen LogP contribution is -2.09. The molecule has 1 aromatic rings. The van der Waals surface area contributed by atoms with E-state index < -0.39 is 0 Å². The van der Waals surface area contributed by atoms with E-state index in [0.717, 1.165) is 23.7 Å². The standard InChI is InChI=1S/C10H16N2OS/c1-2-3-8(13)6-9-11-10(12-14-9)7-4-5-7/h7-8,13H,2-6H2,1H3. The van der Waals surface area contributed by atoms with Gasteiger partial charge >= 0.3 is 0 Å². The summed E-state index contributed by atoms with van der Waals surface area (Å²) >= 11 is 1.45. The molecule has 1 aliphatic carbocycles. The summed E-state index contributed by atoms with van der Waals surface area (Å²) in [7, 11) is 0. The highest BCUT2D eigenvalue weighted by Crippen LogP contribution is 2.38. The Bertz CT molecular complexity index is 296. The smallest absolute Gasteiger partial charge is 0.145 e. The van der Waals surface area contributed by atoms with Gasteiger partial charge in [0.2, 0.25) is 0 Å². The van der Waals surface area contributed by atoms with Crippen molar-refractivity contribution in [2.45, 2.75) is 51.0 Å². The largest absolute Gasteiger partial charge is 0.393 e. The quantitative estimate of drug-likeness (QED) is 0.813. The van der Waals surface area contributed by atoms with Crippen LogP contribution in [0.5, 0.6) is 0 Å². The Kier molecular flexibility index (Phi) is 3.13. The van der Waals surface area contributed by atoms with Crippen molar-refractivity contribution in [3.8, 4) is 0 Å². The number of hydrogen-bond acceptors (Lipinski definition) is 4. The predicted octanol–water partition coefficient (Wildman–Crippen LogP) is 2.12. The lowest BCUT2D eigenvalue weighted by Gasteiger charge is -2.04. The van der Waals surface area contributed by atoms with E-state index in [9.17, 15) is 5.11 Å². The normalized spacial score (nSPS) is 18.4. The molecule has 1 N–H and O–H groups in total. The number of nitrogens with zero attached hydrogens (tertiary/aromatic N) is 2. The molecule has 1 atom stereocenters. The summed E-state index contributed by atoms with van der Waals surface area (Å²) in [5.41, 5.74) is 0. The molecule has 0 bridgehead atoms. The molecule has 1 heterocycles. The van der Waals surface area contributed by atoms with Crippen molar-refractivity contribution in [1.29, 1.82) is 0 Å². The van der Waals surface area contributed by atoms with Gasteiger partial charge in [-0.1, -0.05) is 13.3 Å². The average molecular weight is 212 g/mol. The van der Waals surface area contributed by atoms with Gasteiger partial charge in [-0.2, -0.15) is 4.37 Å². The third kappa shape index (κ3) is 2.51. The van der Waals surface area contributed by atoms with Gasteiger partial charge in [0.05, 0.1) is 6.10 Å². The molecule has 1 aromatic heterocycles. The maximum Gasteiger partial charge on any atom is 0.145 e. The highest BCUT2D eigenvalue weighted by atomic mass is 32.1. The van der Waals surface area contributed by atoms with Crippen LogP contribution in [-0.2, 0) is 6.42 Å². The molecule has 1 saturated carbocycles. The number of aromatic nitrogens is 2. The van der Waals surface area contributed by atoms with Gasteiger partial charge in [-0.15, -0.1) is 0 Å². The van der Waals surface area contributed by atoms with Gasteiger partial charge in [0, 0.05) is 12.3 Å². The highest BCUT2D eigenvalue weighted by Gasteiger charge is 2.27. The van der Waals surface area contributed by atoms with Crippen LogP contribution < -0.4 is 0 Å². The monoisotopic (exact) mass is 212 g/mol. The van der Waals surface area contributed by atoms with E-state index in [4.69, 9.17) is 0 Å². The van der Waals surface area contributed by atoms with Crippen molar-refractivity contribution < 1.29 is 5.11 Å². The van der Waals surface area contributed by atoms with Gasteiger partial charge in [-0.05, 0) is 30.8 Å². The number of aliphatic hydroxyl groups excluding tert-OH is 1. The fourth-order valence-electron chi connectivity index (χ4n) is 1.50. The third-order valence-corrected chi connectivity index (χ3v) is 3.21. The van der Waals surface area contributed by atoms with Crippen molar-refractivity contribution in [1.82, 2.24) is 9.36 Å². The molecule has 0 spiro atoms. The van der Waals surface area contributed by atoms with Crippen molar-refractivity contribution in [2.24, 2.45) is 0 Å². The van der Waals surface area contributed by atoms with E-state index in [1.807, 2.05) is 0 Å². The Balaban J connectivity index is 1.88. The number of rotatable bonds is 5. The van der Waals surface area contributed by atoms with Crippen LogP contribution in [0, 0.1) is 0 Å². The zero-order valence-electron chi connectivity index (χ0n) is 8.44. The lowest BCUT2D eigenvalue weighted by molar-refractivity contribution is 0.164. The summed E-state index contributed by atoms with van der Waals surface area (Å²) in [5.74, 6) is 1.64. The Hall–Kier alpha value is -0.480. The minimum Gasteiger partial charge on any atom is -0.393 e. The summed E-state index contributed by atoms with van der Waals surface area (Å²) in [5, 5.41) is 10.6. The van der Waals surface area contributed by atoms with E-state index in [1.54, 1.807) is 0 Å². The minimum absolute atomic E-state index is 0.236. The second kappa shape index (κ2) is 4.36. The molecule has 0 amide bonds. The van der Waals surface area contributed by atoms with Crippen LogP contribution in [0.2, 0.25) is 0 Å². The Labute approximate surface area is 88.4 Å². The Morgan fingerprint density at radius 2 is 2.36 bits per heavy atom. The van der Waals surface area contributed by atoms with Crippen LogP contribution in [-0.4, -0.2) is 20.6 Å². The molecule has 0 aliphatic heterocycles. The summed E-state index contributed by atoms with van der Waals surface area (Å²) in [4.78, 5) is 4.44. The molecular formula is C10H16N2OS.